The summed E-state index contributed by atoms with van der Waals surface area (Å²) in [7, 11) is 1.41. The summed E-state index contributed by atoms with van der Waals surface area (Å²) in [4.78, 5) is 13.8. The molecule has 0 unspecified atom stereocenters. The highest BCUT2D eigenvalue weighted by molar-refractivity contribution is 7.99. The van der Waals surface area contributed by atoms with Crippen LogP contribution >= 0.6 is 11.8 Å². The van der Waals surface area contributed by atoms with Gasteiger partial charge in [0.15, 0.2) is 0 Å². The van der Waals surface area contributed by atoms with Crippen molar-refractivity contribution in [2.45, 2.75) is 16.2 Å². The second-order valence-corrected chi connectivity index (χ2v) is 5.68. The maximum atomic E-state index is 11.4. The van der Waals surface area contributed by atoms with Gasteiger partial charge in [-0.05, 0) is 28.8 Å². The van der Waals surface area contributed by atoms with Gasteiger partial charge in [0.05, 0.1) is 13.5 Å². The SMILES string of the molecule is COC(=O)Cc1ccc2c(c1)C=Cc1ccccc1S2. The van der Waals surface area contributed by atoms with E-state index in [9.17, 15) is 4.79 Å². The molecule has 100 valence electrons. The lowest BCUT2D eigenvalue weighted by Crippen LogP contribution is -2.04. The van der Waals surface area contributed by atoms with Crippen LogP contribution in [0.15, 0.2) is 52.3 Å². The van der Waals surface area contributed by atoms with Gasteiger partial charge in [-0.2, -0.15) is 0 Å². The minimum absolute atomic E-state index is 0.210. The summed E-state index contributed by atoms with van der Waals surface area (Å²) < 4.78 is 4.71. The van der Waals surface area contributed by atoms with Crippen molar-refractivity contribution in [3.05, 3.63) is 59.2 Å². The molecule has 1 heterocycles. The van der Waals surface area contributed by atoms with Crippen LogP contribution in [0.5, 0.6) is 0 Å². The fourth-order valence-electron chi connectivity index (χ4n) is 2.18. The van der Waals surface area contributed by atoms with Crippen molar-refractivity contribution in [2.75, 3.05) is 7.11 Å². The molecule has 0 atom stereocenters. The Hall–Kier alpha value is -2.00. The van der Waals surface area contributed by atoms with Crippen LogP contribution in [0, 0.1) is 0 Å². The summed E-state index contributed by atoms with van der Waals surface area (Å²) in [6, 6.07) is 14.5. The van der Waals surface area contributed by atoms with E-state index in [0.29, 0.717) is 6.42 Å². The highest BCUT2D eigenvalue weighted by atomic mass is 32.2. The van der Waals surface area contributed by atoms with Crippen LogP contribution in [0.1, 0.15) is 16.7 Å². The first kappa shape index (κ1) is 13.0. The quantitative estimate of drug-likeness (QED) is 0.664. The van der Waals surface area contributed by atoms with Gasteiger partial charge in [-0.1, -0.05) is 54.2 Å². The Kier molecular flexibility index (Phi) is 3.61. The molecule has 0 fully saturated rings. The zero-order valence-corrected chi connectivity index (χ0v) is 11.9. The van der Waals surface area contributed by atoms with Crippen LogP contribution in [0.2, 0.25) is 0 Å². The highest BCUT2D eigenvalue weighted by Crippen LogP contribution is 2.37. The average molecular weight is 282 g/mol. The first-order valence-corrected chi connectivity index (χ1v) is 7.22. The Morgan fingerprint density at radius 3 is 2.65 bits per heavy atom. The molecule has 0 radical (unpaired) electrons. The van der Waals surface area contributed by atoms with Crippen molar-refractivity contribution in [1.82, 2.24) is 0 Å². The number of carbonyl (C=O) groups is 1. The van der Waals surface area contributed by atoms with Gasteiger partial charge in [0.25, 0.3) is 0 Å². The lowest BCUT2D eigenvalue weighted by atomic mass is 10.1. The molecule has 0 bridgehead atoms. The minimum atomic E-state index is -0.210. The molecule has 0 N–H and O–H groups in total. The third kappa shape index (κ3) is 2.63. The van der Waals surface area contributed by atoms with E-state index < -0.39 is 0 Å². The summed E-state index contributed by atoms with van der Waals surface area (Å²) >= 11 is 1.76. The predicted molar refractivity (Wildman–Crippen MR) is 81.7 cm³/mol. The molecule has 3 rings (SSSR count). The van der Waals surface area contributed by atoms with E-state index in [1.165, 1.54) is 22.5 Å². The van der Waals surface area contributed by atoms with Gasteiger partial charge >= 0.3 is 5.97 Å². The summed E-state index contributed by atoms with van der Waals surface area (Å²) in [5.74, 6) is -0.210. The Balaban J connectivity index is 1.95. The third-order valence-electron chi connectivity index (χ3n) is 3.23. The van der Waals surface area contributed by atoms with E-state index in [4.69, 9.17) is 4.74 Å². The number of hydrogen-bond donors (Lipinski definition) is 0. The summed E-state index contributed by atoms with van der Waals surface area (Å²) in [5, 5.41) is 0. The van der Waals surface area contributed by atoms with Gasteiger partial charge in [-0.15, -0.1) is 0 Å². The molecule has 0 amide bonds. The number of carbonyl (C=O) groups excluding carboxylic acids is 1. The molecular weight excluding hydrogens is 268 g/mol. The average Bonchev–Trinajstić information content (AvgIpc) is 2.66. The minimum Gasteiger partial charge on any atom is -0.469 e. The molecule has 3 heteroatoms. The molecule has 0 spiro atoms. The Morgan fingerprint density at radius 2 is 1.80 bits per heavy atom. The molecule has 2 aromatic carbocycles. The highest BCUT2D eigenvalue weighted by Gasteiger charge is 2.11. The zero-order chi connectivity index (χ0) is 13.9. The number of methoxy groups -OCH3 is 1. The van der Waals surface area contributed by atoms with Gasteiger partial charge in [0.1, 0.15) is 0 Å². The second-order valence-electron chi connectivity index (χ2n) is 4.60. The van der Waals surface area contributed by atoms with Crippen LogP contribution < -0.4 is 0 Å². The topological polar surface area (TPSA) is 26.3 Å². The molecule has 2 aromatic rings. The van der Waals surface area contributed by atoms with Gasteiger partial charge < -0.3 is 4.74 Å². The number of esters is 1. The van der Waals surface area contributed by atoms with Crippen molar-refractivity contribution in [3.63, 3.8) is 0 Å². The summed E-state index contributed by atoms with van der Waals surface area (Å²) in [6.07, 6.45) is 4.54. The fourth-order valence-corrected chi connectivity index (χ4v) is 3.20. The van der Waals surface area contributed by atoms with E-state index in [2.05, 4.69) is 42.5 Å². The molecule has 1 aliphatic rings. The molecule has 0 aliphatic carbocycles. The van der Waals surface area contributed by atoms with Crippen LogP contribution in [0.3, 0.4) is 0 Å². The lowest BCUT2D eigenvalue weighted by molar-refractivity contribution is -0.139. The first-order chi connectivity index (χ1) is 9.76. The number of benzene rings is 2. The van der Waals surface area contributed by atoms with Crippen molar-refractivity contribution < 1.29 is 9.53 Å². The van der Waals surface area contributed by atoms with Crippen molar-refractivity contribution in [1.29, 1.82) is 0 Å². The van der Waals surface area contributed by atoms with Gasteiger partial charge in [0, 0.05) is 9.79 Å². The van der Waals surface area contributed by atoms with E-state index in [-0.39, 0.29) is 5.97 Å². The number of ether oxygens (including phenoxy) is 1. The Labute approximate surface area is 122 Å². The van der Waals surface area contributed by atoms with Crippen LogP contribution in [0.25, 0.3) is 12.2 Å². The molecule has 0 saturated heterocycles. The molecule has 2 nitrogen and oxygen atoms in total. The van der Waals surface area contributed by atoms with E-state index in [0.717, 1.165) is 11.1 Å². The van der Waals surface area contributed by atoms with Crippen LogP contribution in [-0.2, 0) is 16.0 Å². The standard InChI is InChI=1S/C17H14O2S/c1-19-17(18)11-12-6-9-16-14(10-12)8-7-13-4-2-3-5-15(13)20-16/h2-10H,11H2,1H3. The normalized spacial score (nSPS) is 12.2. The van der Waals surface area contributed by atoms with Crippen molar-refractivity contribution >= 4 is 29.9 Å². The third-order valence-corrected chi connectivity index (χ3v) is 4.42. The van der Waals surface area contributed by atoms with Gasteiger partial charge in [-0.3, -0.25) is 4.79 Å². The molecular formula is C17H14O2S. The van der Waals surface area contributed by atoms with Crippen molar-refractivity contribution in [3.8, 4) is 0 Å². The lowest BCUT2D eigenvalue weighted by Gasteiger charge is -2.07. The predicted octanol–water partition coefficient (Wildman–Crippen LogP) is 4.04. The van der Waals surface area contributed by atoms with Gasteiger partial charge in [-0.25, -0.2) is 0 Å². The Bertz CT molecular complexity index is 689. The molecule has 0 aromatic heterocycles. The van der Waals surface area contributed by atoms with Gasteiger partial charge in [0.2, 0.25) is 0 Å². The molecule has 20 heavy (non-hydrogen) atoms. The maximum absolute atomic E-state index is 11.4. The number of rotatable bonds is 2. The van der Waals surface area contributed by atoms with Crippen molar-refractivity contribution in [2.24, 2.45) is 0 Å². The van der Waals surface area contributed by atoms with Crippen LogP contribution in [-0.4, -0.2) is 13.1 Å². The van der Waals surface area contributed by atoms with E-state index >= 15 is 0 Å². The zero-order valence-electron chi connectivity index (χ0n) is 11.1. The molecule has 0 saturated carbocycles. The smallest absolute Gasteiger partial charge is 0.309 e. The first-order valence-electron chi connectivity index (χ1n) is 6.41. The number of fused-ring (bicyclic) bond motifs is 2. The number of hydrogen-bond acceptors (Lipinski definition) is 3. The fraction of sp³-hybridized carbons (Fsp3) is 0.118. The summed E-state index contributed by atoms with van der Waals surface area (Å²) in [6.45, 7) is 0. The van der Waals surface area contributed by atoms with E-state index in [1.807, 2.05) is 12.1 Å². The Morgan fingerprint density at radius 1 is 1.05 bits per heavy atom. The summed E-state index contributed by atoms with van der Waals surface area (Å²) in [5.41, 5.74) is 3.35. The largest absolute Gasteiger partial charge is 0.469 e. The van der Waals surface area contributed by atoms with Crippen LogP contribution in [0.4, 0.5) is 0 Å². The molecule has 1 aliphatic heterocycles. The second kappa shape index (κ2) is 5.55. The maximum Gasteiger partial charge on any atom is 0.309 e. The van der Waals surface area contributed by atoms with E-state index in [1.54, 1.807) is 11.8 Å². The monoisotopic (exact) mass is 282 g/mol.